The van der Waals surface area contributed by atoms with Crippen molar-refractivity contribution in [1.29, 1.82) is 0 Å². The van der Waals surface area contributed by atoms with Crippen LogP contribution in [0.2, 0.25) is 0 Å². The molecule has 0 spiro atoms. The maximum absolute atomic E-state index is 12.6. The molecule has 7 heteroatoms. The molecule has 188 valence electrons. The van der Waals surface area contributed by atoms with Crippen LogP contribution in [0.1, 0.15) is 36.4 Å². The highest BCUT2D eigenvalue weighted by Crippen LogP contribution is 2.44. The first-order valence-corrected chi connectivity index (χ1v) is 13.2. The summed E-state index contributed by atoms with van der Waals surface area (Å²) in [7, 11) is 0. The first-order valence-electron chi connectivity index (χ1n) is 12.3. The molecule has 6 nitrogen and oxygen atoms in total. The number of hydrogen-bond acceptors (Lipinski definition) is 6. The molecule has 0 aliphatic carbocycles. The zero-order chi connectivity index (χ0) is 25.1. The Hall–Kier alpha value is -2.84. The number of anilines is 1. The minimum Gasteiger partial charge on any atom is -0.425 e. The van der Waals surface area contributed by atoms with E-state index < -0.39 is 6.10 Å². The summed E-state index contributed by atoms with van der Waals surface area (Å²) in [6.45, 7) is 1.97. The van der Waals surface area contributed by atoms with Gasteiger partial charge >= 0.3 is 0 Å². The number of hydrogen-bond donors (Lipinski definition) is 2. The predicted molar refractivity (Wildman–Crippen MR) is 142 cm³/mol. The lowest BCUT2D eigenvalue weighted by molar-refractivity contribution is -0.124. The van der Waals surface area contributed by atoms with Crippen LogP contribution in [-0.2, 0) is 9.53 Å². The minimum absolute atomic E-state index is 0.0900. The van der Waals surface area contributed by atoms with Crippen molar-refractivity contribution in [2.75, 3.05) is 17.3 Å². The largest absolute Gasteiger partial charge is 0.425 e. The number of aliphatic hydroxyl groups excluding tert-OH is 2. The standard InChI is InChI=1S/C29H31NO5S/c1-19-6-5-7-20(12-19)21-10-11-26(27-16-29(33)30(27)22-8-3-2-4-9-22)28(13-21)35-36-18-25-15-23(32)14-24(17-31)34-25/h2-13,23-25,27,31-32H,14-18H2,1H3. The van der Waals surface area contributed by atoms with E-state index in [1.807, 2.05) is 47.4 Å². The molecule has 2 aliphatic heterocycles. The van der Waals surface area contributed by atoms with Crippen molar-refractivity contribution in [2.24, 2.45) is 0 Å². The van der Waals surface area contributed by atoms with Gasteiger partial charge in [-0.1, -0.05) is 60.2 Å². The molecule has 2 heterocycles. The van der Waals surface area contributed by atoms with Crippen LogP contribution in [-0.4, -0.2) is 46.8 Å². The SMILES string of the molecule is Cc1cccc(-c2ccc(C3CC(=O)N3c3ccccc3)c(OSCC3CC(O)CC(CO)O3)c2)c1. The molecule has 3 aromatic rings. The number of carbonyl (C=O) groups is 1. The van der Waals surface area contributed by atoms with Crippen molar-refractivity contribution < 1.29 is 23.9 Å². The molecule has 2 saturated heterocycles. The number of aryl methyl sites for hydroxylation is 1. The fourth-order valence-electron chi connectivity index (χ4n) is 4.95. The molecule has 36 heavy (non-hydrogen) atoms. The van der Waals surface area contributed by atoms with Crippen molar-refractivity contribution in [2.45, 2.75) is 50.5 Å². The van der Waals surface area contributed by atoms with Crippen molar-refractivity contribution in [1.82, 2.24) is 0 Å². The van der Waals surface area contributed by atoms with Crippen LogP contribution in [0.3, 0.4) is 0 Å². The highest BCUT2D eigenvalue weighted by molar-refractivity contribution is 7.95. The average Bonchev–Trinajstić information content (AvgIpc) is 2.87. The van der Waals surface area contributed by atoms with Gasteiger partial charge in [0.15, 0.2) is 0 Å². The van der Waals surface area contributed by atoms with Crippen LogP contribution in [0.15, 0.2) is 72.8 Å². The summed E-state index contributed by atoms with van der Waals surface area (Å²) >= 11 is 1.28. The molecule has 2 fully saturated rings. The van der Waals surface area contributed by atoms with Crippen molar-refractivity contribution in [3.8, 4) is 16.9 Å². The van der Waals surface area contributed by atoms with Crippen molar-refractivity contribution in [3.05, 3.63) is 83.9 Å². The molecular formula is C29H31NO5S. The Balaban J connectivity index is 1.39. The second kappa shape index (κ2) is 11.0. The van der Waals surface area contributed by atoms with Gasteiger partial charge in [0.05, 0.1) is 55.2 Å². The van der Waals surface area contributed by atoms with Crippen LogP contribution >= 0.6 is 12.0 Å². The third-order valence-electron chi connectivity index (χ3n) is 6.77. The number of carbonyl (C=O) groups excluding carboxylic acids is 1. The highest BCUT2D eigenvalue weighted by atomic mass is 32.2. The van der Waals surface area contributed by atoms with E-state index in [9.17, 15) is 15.0 Å². The number of ether oxygens (including phenoxy) is 1. The minimum atomic E-state index is -0.484. The second-order valence-electron chi connectivity index (χ2n) is 9.50. The first-order chi connectivity index (χ1) is 17.5. The molecule has 5 rings (SSSR count). The molecule has 4 unspecified atom stereocenters. The van der Waals surface area contributed by atoms with Gasteiger partial charge in [-0.2, -0.15) is 0 Å². The maximum Gasteiger partial charge on any atom is 0.230 e. The van der Waals surface area contributed by atoms with Crippen molar-refractivity contribution >= 4 is 23.6 Å². The third kappa shape index (κ3) is 5.44. The molecular weight excluding hydrogens is 474 g/mol. The van der Waals surface area contributed by atoms with Crippen LogP contribution in [0.5, 0.6) is 5.75 Å². The summed E-state index contributed by atoms with van der Waals surface area (Å²) in [4.78, 5) is 14.4. The number of rotatable bonds is 8. The summed E-state index contributed by atoms with van der Waals surface area (Å²) in [5.74, 6) is 1.33. The molecule has 4 atom stereocenters. The fourth-order valence-corrected chi connectivity index (χ4v) is 5.65. The van der Waals surface area contributed by atoms with E-state index in [4.69, 9.17) is 8.92 Å². The Morgan fingerprint density at radius 2 is 1.78 bits per heavy atom. The van der Waals surface area contributed by atoms with E-state index in [0.717, 1.165) is 22.4 Å². The lowest BCUT2D eigenvalue weighted by atomic mass is 9.90. The molecule has 0 saturated carbocycles. The van der Waals surface area contributed by atoms with E-state index in [1.54, 1.807) is 0 Å². The van der Waals surface area contributed by atoms with Crippen LogP contribution < -0.4 is 9.08 Å². The molecule has 0 radical (unpaired) electrons. The summed E-state index contributed by atoms with van der Waals surface area (Å²) in [6.07, 6.45) is 0.358. The average molecular weight is 506 g/mol. The highest BCUT2D eigenvalue weighted by Gasteiger charge is 2.40. The molecule has 1 amide bonds. The smallest absolute Gasteiger partial charge is 0.230 e. The number of amides is 1. The monoisotopic (exact) mass is 505 g/mol. The molecule has 2 N–H and O–H groups in total. The van der Waals surface area contributed by atoms with Gasteiger partial charge in [-0.05, 0) is 36.2 Å². The summed E-state index contributed by atoms with van der Waals surface area (Å²) in [5, 5.41) is 19.6. The van der Waals surface area contributed by atoms with E-state index in [0.29, 0.717) is 30.8 Å². The molecule has 0 bridgehead atoms. The summed E-state index contributed by atoms with van der Waals surface area (Å²) < 4.78 is 12.2. The van der Waals surface area contributed by atoms with Gasteiger partial charge in [0.1, 0.15) is 5.75 Å². The molecule has 2 aliphatic rings. The van der Waals surface area contributed by atoms with Crippen LogP contribution in [0, 0.1) is 6.92 Å². The maximum atomic E-state index is 12.6. The van der Waals surface area contributed by atoms with E-state index in [1.165, 1.54) is 17.6 Å². The number of nitrogens with zero attached hydrogens (tertiary/aromatic N) is 1. The first kappa shape index (κ1) is 24.8. The van der Waals surface area contributed by atoms with E-state index in [-0.39, 0.29) is 30.8 Å². The molecule has 3 aromatic carbocycles. The van der Waals surface area contributed by atoms with E-state index in [2.05, 4.69) is 37.3 Å². The Morgan fingerprint density at radius 3 is 2.53 bits per heavy atom. The second-order valence-corrected chi connectivity index (χ2v) is 10.2. The Bertz CT molecular complexity index is 1200. The third-order valence-corrected chi connectivity index (χ3v) is 7.57. The number of β-lactam (4-membered cyclic amide) rings is 1. The van der Waals surface area contributed by atoms with Gasteiger partial charge in [-0.15, -0.1) is 0 Å². The predicted octanol–water partition coefficient (Wildman–Crippen LogP) is 5.07. The van der Waals surface area contributed by atoms with Gasteiger partial charge < -0.3 is 24.0 Å². The van der Waals surface area contributed by atoms with Crippen LogP contribution in [0.25, 0.3) is 11.1 Å². The van der Waals surface area contributed by atoms with Gasteiger partial charge in [0, 0.05) is 24.1 Å². The van der Waals surface area contributed by atoms with Gasteiger partial charge in [-0.25, -0.2) is 0 Å². The number of benzene rings is 3. The Labute approximate surface area is 216 Å². The zero-order valence-corrected chi connectivity index (χ0v) is 21.1. The molecule has 0 aromatic heterocycles. The quantitative estimate of drug-likeness (QED) is 0.329. The normalized spacial score (nSPS) is 23.9. The van der Waals surface area contributed by atoms with Gasteiger partial charge in [0.2, 0.25) is 5.91 Å². The summed E-state index contributed by atoms with van der Waals surface area (Å²) in [5.41, 5.74) is 5.16. The Morgan fingerprint density at radius 1 is 1.00 bits per heavy atom. The van der Waals surface area contributed by atoms with Crippen molar-refractivity contribution in [3.63, 3.8) is 0 Å². The van der Waals surface area contributed by atoms with Gasteiger partial charge in [0.25, 0.3) is 0 Å². The lowest BCUT2D eigenvalue weighted by Crippen LogP contribution is -2.46. The number of aliphatic hydroxyl groups is 2. The Kier molecular flexibility index (Phi) is 7.62. The zero-order valence-electron chi connectivity index (χ0n) is 20.2. The fraction of sp³-hybridized carbons (Fsp3) is 0.345. The number of para-hydroxylation sites is 1. The topological polar surface area (TPSA) is 79.2 Å². The van der Waals surface area contributed by atoms with Crippen LogP contribution in [0.4, 0.5) is 5.69 Å². The lowest BCUT2D eigenvalue weighted by Gasteiger charge is -2.41. The summed E-state index contributed by atoms with van der Waals surface area (Å²) in [6, 6.07) is 24.1. The van der Waals surface area contributed by atoms with Gasteiger partial charge in [-0.3, -0.25) is 4.79 Å². The van der Waals surface area contributed by atoms with E-state index >= 15 is 0 Å².